The van der Waals surface area contributed by atoms with E-state index in [0.29, 0.717) is 28.8 Å². The largest absolute Gasteiger partial charge is 0.308 e. The lowest BCUT2D eigenvalue weighted by Crippen LogP contribution is -2.35. The fourth-order valence-electron chi connectivity index (χ4n) is 1.87. The second kappa shape index (κ2) is 4.88. The minimum absolute atomic E-state index is 0.288. The van der Waals surface area contributed by atoms with Gasteiger partial charge in [0, 0.05) is 18.1 Å². The summed E-state index contributed by atoms with van der Waals surface area (Å²) in [6.45, 7) is 1.07. The van der Waals surface area contributed by atoms with Crippen LogP contribution in [-0.4, -0.2) is 43.8 Å². The predicted molar refractivity (Wildman–Crippen MR) is 71.7 cm³/mol. The minimum Gasteiger partial charge on any atom is -0.308 e. The van der Waals surface area contributed by atoms with Crippen molar-refractivity contribution in [2.45, 2.75) is 0 Å². The number of Topliss-reactive ketones (excluding diaryl/α,β-unsaturated/α-hetero) is 1. The molecular formula is C12H12Cl2N2O2. The fraction of sp³-hybridized carbons (Fsp3) is 0.333. The number of amides is 1. The lowest BCUT2D eigenvalue weighted by atomic mass is 10.1. The number of hydrogen-bond donors (Lipinski definition) is 0. The van der Waals surface area contributed by atoms with Gasteiger partial charge < -0.3 is 9.80 Å². The number of likely N-dealkylation sites (N-methyl/N-ethyl adjacent to an activating group) is 1. The van der Waals surface area contributed by atoms with E-state index in [4.69, 9.17) is 23.2 Å². The van der Waals surface area contributed by atoms with Crippen LogP contribution >= 0.6 is 23.2 Å². The fourth-order valence-corrected chi connectivity index (χ4v) is 2.46. The number of ketones is 1. The lowest BCUT2D eigenvalue weighted by molar-refractivity contribution is -0.114. The molecule has 1 aliphatic rings. The van der Waals surface area contributed by atoms with Gasteiger partial charge >= 0.3 is 0 Å². The van der Waals surface area contributed by atoms with Crippen molar-refractivity contribution in [3.05, 3.63) is 27.7 Å². The smallest absolute Gasteiger partial charge is 0.299 e. The van der Waals surface area contributed by atoms with Crippen LogP contribution in [0, 0.1) is 0 Å². The highest BCUT2D eigenvalue weighted by Crippen LogP contribution is 2.37. The number of carbonyl (C=O) groups is 2. The first-order valence-electron chi connectivity index (χ1n) is 5.42. The van der Waals surface area contributed by atoms with E-state index in [1.807, 2.05) is 19.0 Å². The number of carbonyl (C=O) groups excluding carboxylic acids is 2. The summed E-state index contributed by atoms with van der Waals surface area (Å²) in [5.41, 5.74) is 0.758. The topological polar surface area (TPSA) is 40.6 Å². The zero-order chi connectivity index (χ0) is 13.4. The number of benzene rings is 1. The molecule has 4 nitrogen and oxygen atoms in total. The van der Waals surface area contributed by atoms with Crippen molar-refractivity contribution in [3.63, 3.8) is 0 Å². The molecule has 2 rings (SSSR count). The van der Waals surface area contributed by atoms with Crippen molar-refractivity contribution in [3.8, 4) is 0 Å². The molecule has 0 radical (unpaired) electrons. The number of halogens is 2. The average molecular weight is 287 g/mol. The first-order chi connectivity index (χ1) is 8.41. The average Bonchev–Trinajstić information content (AvgIpc) is 2.51. The highest BCUT2D eigenvalue weighted by atomic mass is 35.5. The van der Waals surface area contributed by atoms with Crippen LogP contribution in [0.15, 0.2) is 12.1 Å². The predicted octanol–water partition coefficient (Wildman–Crippen LogP) is 2.08. The van der Waals surface area contributed by atoms with Crippen LogP contribution in [-0.2, 0) is 4.79 Å². The van der Waals surface area contributed by atoms with Crippen LogP contribution in [0.1, 0.15) is 10.4 Å². The van der Waals surface area contributed by atoms with E-state index in [0.717, 1.165) is 0 Å². The quantitative estimate of drug-likeness (QED) is 0.799. The van der Waals surface area contributed by atoms with E-state index in [1.54, 1.807) is 0 Å². The van der Waals surface area contributed by atoms with Gasteiger partial charge in [-0.15, -0.1) is 0 Å². The summed E-state index contributed by atoms with van der Waals surface area (Å²) in [4.78, 5) is 27.1. The Morgan fingerprint density at radius 1 is 1.22 bits per heavy atom. The molecule has 0 bridgehead atoms. The molecule has 0 spiro atoms. The maximum absolute atomic E-state index is 11.9. The van der Waals surface area contributed by atoms with E-state index in [9.17, 15) is 9.59 Å². The van der Waals surface area contributed by atoms with Gasteiger partial charge in [0.25, 0.3) is 11.7 Å². The molecule has 1 aliphatic heterocycles. The molecule has 0 saturated heterocycles. The van der Waals surface area contributed by atoms with Crippen molar-refractivity contribution >= 4 is 40.6 Å². The summed E-state index contributed by atoms with van der Waals surface area (Å²) >= 11 is 11.9. The van der Waals surface area contributed by atoms with Gasteiger partial charge in [-0.05, 0) is 26.2 Å². The van der Waals surface area contributed by atoms with Crippen LogP contribution in [0.3, 0.4) is 0 Å². The Labute approximate surface area is 115 Å². The number of anilines is 1. The Balaban J connectivity index is 2.42. The molecule has 0 fully saturated rings. The second-order valence-electron chi connectivity index (χ2n) is 4.37. The van der Waals surface area contributed by atoms with E-state index in [1.165, 1.54) is 17.0 Å². The Morgan fingerprint density at radius 3 is 2.50 bits per heavy atom. The first-order valence-corrected chi connectivity index (χ1v) is 6.17. The third-order valence-corrected chi connectivity index (χ3v) is 3.26. The molecule has 1 amide bonds. The maximum Gasteiger partial charge on any atom is 0.299 e. The van der Waals surface area contributed by atoms with Gasteiger partial charge in [-0.2, -0.15) is 0 Å². The molecule has 0 aromatic heterocycles. The summed E-state index contributed by atoms with van der Waals surface area (Å²) in [5, 5.41) is 0.685. The number of hydrogen-bond acceptors (Lipinski definition) is 3. The Hall–Kier alpha value is -1.10. The molecule has 0 N–H and O–H groups in total. The van der Waals surface area contributed by atoms with Crippen LogP contribution in [0.4, 0.5) is 5.69 Å². The summed E-state index contributed by atoms with van der Waals surface area (Å²) in [5.74, 6) is -1.09. The van der Waals surface area contributed by atoms with E-state index >= 15 is 0 Å². The molecule has 0 unspecified atom stereocenters. The van der Waals surface area contributed by atoms with E-state index in [-0.39, 0.29) is 5.56 Å². The van der Waals surface area contributed by atoms with Crippen molar-refractivity contribution in [1.29, 1.82) is 0 Å². The lowest BCUT2D eigenvalue weighted by Gasteiger charge is -2.20. The molecular weight excluding hydrogens is 275 g/mol. The zero-order valence-electron chi connectivity index (χ0n) is 10.0. The van der Waals surface area contributed by atoms with Gasteiger partial charge in [-0.25, -0.2) is 0 Å². The van der Waals surface area contributed by atoms with E-state index < -0.39 is 11.7 Å². The van der Waals surface area contributed by atoms with Crippen molar-refractivity contribution in [2.24, 2.45) is 0 Å². The van der Waals surface area contributed by atoms with Crippen molar-refractivity contribution < 1.29 is 9.59 Å². The Bertz CT molecular complexity index is 529. The van der Waals surface area contributed by atoms with Crippen LogP contribution in [0.2, 0.25) is 10.0 Å². The van der Waals surface area contributed by atoms with Crippen molar-refractivity contribution in [2.75, 3.05) is 32.1 Å². The van der Waals surface area contributed by atoms with Crippen LogP contribution in [0.5, 0.6) is 0 Å². The van der Waals surface area contributed by atoms with Crippen LogP contribution in [0.25, 0.3) is 0 Å². The summed E-state index contributed by atoms with van der Waals surface area (Å²) < 4.78 is 0. The van der Waals surface area contributed by atoms with Crippen molar-refractivity contribution in [1.82, 2.24) is 4.90 Å². The van der Waals surface area contributed by atoms with Gasteiger partial charge in [0.15, 0.2) is 0 Å². The molecule has 1 aromatic carbocycles. The molecule has 6 heteroatoms. The van der Waals surface area contributed by atoms with Gasteiger partial charge in [-0.3, -0.25) is 9.59 Å². The first kappa shape index (κ1) is 13.3. The van der Waals surface area contributed by atoms with Crippen LogP contribution < -0.4 is 4.90 Å². The Kier molecular flexibility index (Phi) is 3.61. The molecule has 0 atom stereocenters. The zero-order valence-corrected chi connectivity index (χ0v) is 11.5. The standard InChI is InChI=1S/C12H12Cl2N2O2/c1-15(2)3-4-16-10-8(11(17)12(16)18)5-7(13)6-9(10)14/h5-6H,3-4H2,1-2H3. The number of rotatable bonds is 3. The number of fused-ring (bicyclic) bond motifs is 1. The third-order valence-electron chi connectivity index (χ3n) is 2.75. The molecule has 96 valence electrons. The third kappa shape index (κ3) is 2.23. The molecule has 18 heavy (non-hydrogen) atoms. The van der Waals surface area contributed by atoms with Gasteiger partial charge in [-0.1, -0.05) is 23.2 Å². The molecule has 0 saturated carbocycles. The highest BCUT2D eigenvalue weighted by Gasteiger charge is 2.37. The minimum atomic E-state index is -0.548. The Morgan fingerprint density at radius 2 is 1.89 bits per heavy atom. The SMILES string of the molecule is CN(C)CCN1C(=O)C(=O)c2cc(Cl)cc(Cl)c21. The second-order valence-corrected chi connectivity index (χ2v) is 5.22. The molecule has 1 aromatic rings. The van der Waals surface area contributed by atoms with E-state index in [2.05, 4.69) is 0 Å². The van der Waals surface area contributed by atoms with Gasteiger partial charge in [0.2, 0.25) is 0 Å². The summed E-state index contributed by atoms with van der Waals surface area (Å²) in [7, 11) is 3.79. The highest BCUT2D eigenvalue weighted by molar-refractivity contribution is 6.54. The van der Waals surface area contributed by atoms with Gasteiger partial charge in [0.1, 0.15) is 0 Å². The molecule has 0 aliphatic carbocycles. The summed E-state index contributed by atoms with van der Waals surface area (Å²) in [6, 6.07) is 3.02. The monoisotopic (exact) mass is 286 g/mol. The normalized spacial score (nSPS) is 14.6. The molecule has 1 heterocycles. The maximum atomic E-state index is 11.9. The number of nitrogens with zero attached hydrogens (tertiary/aromatic N) is 2. The van der Waals surface area contributed by atoms with Gasteiger partial charge in [0.05, 0.1) is 16.3 Å². The summed E-state index contributed by atoms with van der Waals surface area (Å²) in [6.07, 6.45) is 0.